The van der Waals surface area contributed by atoms with E-state index >= 15 is 0 Å². The van der Waals surface area contributed by atoms with Crippen LogP contribution in [0.3, 0.4) is 0 Å². The molecule has 3 aromatic carbocycles. The van der Waals surface area contributed by atoms with Crippen LogP contribution < -0.4 is 0 Å². The van der Waals surface area contributed by atoms with Gasteiger partial charge in [0.1, 0.15) is 0 Å². The molecular formula is C23H22IrN2O2-2. The molecular weight excluding hydrogens is 528 g/mol. The summed E-state index contributed by atoms with van der Waals surface area (Å²) in [5.74, 6) is -0.0625. The Morgan fingerprint density at radius 2 is 1.68 bits per heavy atom. The number of benzene rings is 3. The molecule has 5 heteroatoms. The minimum absolute atomic E-state index is 0. The maximum absolute atomic E-state index is 10.0. The topological polar surface area (TPSA) is 72.0 Å². The summed E-state index contributed by atoms with van der Waals surface area (Å²) < 4.78 is 0. The number of aliphatic hydroxyl groups excluding tert-OH is 1. The van der Waals surface area contributed by atoms with Crippen molar-refractivity contribution in [3.8, 4) is 0 Å². The standard InChI is InChI=1S/C18H14N2.C5H8O2.Ir/c1-12(11-19)20-18-13(2)14-7-3-4-8-15(14)16-9-5-6-10-17(16)18;1-4(6)3-5(2)7;/h3-6,8-11H,1-2H3;3,6H,1-2H3;/q-2;;. The van der Waals surface area contributed by atoms with Crippen LogP contribution in [0, 0.1) is 13.0 Å². The van der Waals surface area contributed by atoms with Gasteiger partial charge in [0, 0.05) is 37.6 Å². The van der Waals surface area contributed by atoms with Gasteiger partial charge in [-0.05, 0) is 26.2 Å². The van der Waals surface area contributed by atoms with Gasteiger partial charge in [0.25, 0.3) is 0 Å². The van der Waals surface area contributed by atoms with Crippen LogP contribution in [0.15, 0.2) is 59.3 Å². The number of aryl methyl sites for hydroxylation is 1. The average Bonchev–Trinajstić information content (AvgIpc) is 2.64. The van der Waals surface area contributed by atoms with Crippen LogP contribution in [-0.2, 0) is 24.9 Å². The Bertz CT molecular complexity index is 1060. The number of hydrogen-bond donors (Lipinski definition) is 1. The number of carbonyl (C=O) groups excluding carboxylic acids is 1. The molecule has 0 aliphatic rings. The van der Waals surface area contributed by atoms with E-state index in [-0.39, 0.29) is 31.6 Å². The average molecular weight is 551 g/mol. The van der Waals surface area contributed by atoms with Crippen molar-refractivity contribution in [2.75, 3.05) is 0 Å². The van der Waals surface area contributed by atoms with E-state index in [4.69, 9.17) is 10.5 Å². The van der Waals surface area contributed by atoms with Gasteiger partial charge in [-0.15, -0.1) is 35.0 Å². The van der Waals surface area contributed by atoms with Crippen LogP contribution in [0.25, 0.3) is 27.0 Å². The molecule has 3 rings (SSSR count). The molecule has 3 aromatic rings. The molecule has 0 bridgehead atoms. The normalized spacial score (nSPS) is 11.4. The Kier molecular flexibility index (Phi) is 8.90. The van der Waals surface area contributed by atoms with E-state index in [2.05, 4.69) is 36.2 Å². The minimum Gasteiger partial charge on any atom is -0.809 e. The van der Waals surface area contributed by atoms with Gasteiger partial charge in [0.05, 0.1) is 5.76 Å². The maximum atomic E-state index is 10.0. The van der Waals surface area contributed by atoms with E-state index in [1.54, 1.807) is 6.92 Å². The van der Waals surface area contributed by atoms with Gasteiger partial charge in [-0.2, -0.15) is 6.21 Å². The van der Waals surface area contributed by atoms with E-state index in [0.29, 0.717) is 5.71 Å². The molecule has 0 saturated carbocycles. The molecule has 1 radical (unpaired) electrons. The predicted molar refractivity (Wildman–Crippen MR) is 114 cm³/mol. The second-order valence-electron chi connectivity index (χ2n) is 6.26. The van der Waals surface area contributed by atoms with Crippen molar-refractivity contribution < 1.29 is 30.0 Å². The first-order valence-electron chi connectivity index (χ1n) is 8.57. The Hall–Kier alpha value is -2.62. The second kappa shape index (κ2) is 10.6. The van der Waals surface area contributed by atoms with Gasteiger partial charge < -0.3 is 10.5 Å². The van der Waals surface area contributed by atoms with Crippen molar-refractivity contribution in [2.45, 2.75) is 27.7 Å². The zero-order valence-corrected chi connectivity index (χ0v) is 18.7. The number of ketones is 1. The summed E-state index contributed by atoms with van der Waals surface area (Å²) in [7, 11) is 0. The number of rotatable bonds is 3. The van der Waals surface area contributed by atoms with Crippen LogP contribution >= 0.6 is 0 Å². The Morgan fingerprint density at radius 3 is 2.21 bits per heavy atom. The first-order valence-corrected chi connectivity index (χ1v) is 8.57. The maximum Gasteiger partial charge on any atom is 0.155 e. The van der Waals surface area contributed by atoms with Crippen molar-refractivity contribution in [2.24, 2.45) is 4.99 Å². The third-order valence-corrected chi connectivity index (χ3v) is 3.95. The molecule has 1 N–H and O–H groups in total. The Labute approximate surface area is 178 Å². The third-order valence-electron chi connectivity index (χ3n) is 3.95. The van der Waals surface area contributed by atoms with E-state index in [0.717, 1.165) is 33.6 Å². The van der Waals surface area contributed by atoms with Crippen LogP contribution in [0.2, 0.25) is 0 Å². The van der Waals surface area contributed by atoms with Crippen molar-refractivity contribution >= 4 is 44.9 Å². The molecule has 0 saturated heterocycles. The number of allylic oxidation sites excluding steroid dienone is 2. The quantitative estimate of drug-likeness (QED) is 0.146. The molecule has 0 aliphatic carbocycles. The van der Waals surface area contributed by atoms with Gasteiger partial charge in [-0.3, -0.25) is 9.79 Å². The molecule has 0 unspecified atom stereocenters. The number of fused-ring (bicyclic) bond motifs is 3. The van der Waals surface area contributed by atoms with Gasteiger partial charge in [-0.25, -0.2) is 0 Å². The summed E-state index contributed by atoms with van der Waals surface area (Å²) in [6, 6.07) is 17.5. The number of nitrogens with zero attached hydrogens (tertiary/aromatic N) is 2. The molecule has 0 fully saturated rings. The zero-order valence-electron chi connectivity index (χ0n) is 16.3. The van der Waals surface area contributed by atoms with E-state index < -0.39 is 0 Å². The summed E-state index contributed by atoms with van der Waals surface area (Å²) in [6.45, 7) is 6.68. The summed E-state index contributed by atoms with van der Waals surface area (Å²) in [4.78, 5) is 14.6. The predicted octanol–water partition coefficient (Wildman–Crippen LogP) is 5.87. The van der Waals surface area contributed by atoms with E-state index in [1.165, 1.54) is 25.3 Å². The summed E-state index contributed by atoms with van der Waals surface area (Å²) in [6.07, 6.45) is 2.20. The minimum atomic E-state index is -0.125. The van der Waals surface area contributed by atoms with Crippen molar-refractivity contribution in [1.82, 2.24) is 0 Å². The number of carbonyl (C=O) groups is 1. The number of aliphatic imine (C=N–C) groups is 1. The second-order valence-corrected chi connectivity index (χ2v) is 6.26. The van der Waals surface area contributed by atoms with E-state index in [9.17, 15) is 4.79 Å². The molecule has 0 amide bonds. The van der Waals surface area contributed by atoms with Crippen LogP contribution in [0.4, 0.5) is 5.69 Å². The molecule has 4 nitrogen and oxygen atoms in total. The van der Waals surface area contributed by atoms with Gasteiger partial charge in [0.15, 0.2) is 5.78 Å². The Balaban J connectivity index is 0.000000425. The fraction of sp³-hybridized carbons (Fsp3) is 0.174. The molecule has 28 heavy (non-hydrogen) atoms. The number of hydrogen-bond acceptors (Lipinski definition) is 3. The van der Waals surface area contributed by atoms with E-state index in [1.807, 2.05) is 24.3 Å². The van der Waals surface area contributed by atoms with Crippen molar-refractivity contribution in [3.05, 3.63) is 71.3 Å². The molecule has 0 aliphatic heterocycles. The van der Waals surface area contributed by atoms with Gasteiger partial charge in [-0.1, -0.05) is 42.1 Å². The first kappa shape index (κ1) is 23.4. The SMILES string of the molecule is CC(=O)C=C(C)O.CC(C=[N-])=Nc1c(C)c2[c-]cccc2c2ccccc12.[Ir]. The monoisotopic (exact) mass is 551 g/mol. The van der Waals surface area contributed by atoms with Crippen LogP contribution in [-0.4, -0.2) is 22.8 Å². The summed E-state index contributed by atoms with van der Waals surface area (Å²) >= 11 is 0. The summed E-state index contributed by atoms with van der Waals surface area (Å²) in [5, 5.41) is 22.0. The first-order chi connectivity index (χ1) is 12.8. The fourth-order valence-corrected chi connectivity index (χ4v) is 2.86. The zero-order chi connectivity index (χ0) is 20.0. The molecule has 0 heterocycles. The number of aliphatic hydroxyl groups is 1. The van der Waals surface area contributed by atoms with Crippen molar-refractivity contribution in [1.29, 1.82) is 0 Å². The molecule has 0 aromatic heterocycles. The van der Waals surface area contributed by atoms with Crippen LogP contribution in [0.5, 0.6) is 0 Å². The van der Waals surface area contributed by atoms with Gasteiger partial charge >= 0.3 is 0 Å². The van der Waals surface area contributed by atoms with Crippen molar-refractivity contribution in [3.63, 3.8) is 0 Å². The molecule has 0 atom stereocenters. The van der Waals surface area contributed by atoms with Crippen LogP contribution in [0.1, 0.15) is 26.3 Å². The Morgan fingerprint density at radius 1 is 1.07 bits per heavy atom. The van der Waals surface area contributed by atoms with Gasteiger partial charge in [0.2, 0.25) is 0 Å². The largest absolute Gasteiger partial charge is 0.809 e. The fourth-order valence-electron chi connectivity index (χ4n) is 2.86. The molecule has 147 valence electrons. The smallest absolute Gasteiger partial charge is 0.155 e. The molecule has 0 spiro atoms. The third kappa shape index (κ3) is 5.69. The summed E-state index contributed by atoms with van der Waals surface area (Å²) in [5.41, 5.74) is 2.58.